The van der Waals surface area contributed by atoms with Crippen molar-refractivity contribution in [3.05, 3.63) is 5.70 Å². The van der Waals surface area contributed by atoms with E-state index in [4.69, 9.17) is 4.84 Å². The highest BCUT2D eigenvalue weighted by Crippen LogP contribution is 2.07. The van der Waals surface area contributed by atoms with E-state index >= 15 is 0 Å². The zero-order valence-corrected chi connectivity index (χ0v) is 6.83. The molecule has 1 saturated heterocycles. The van der Waals surface area contributed by atoms with Crippen LogP contribution in [0.15, 0.2) is 5.70 Å². The molecule has 0 bridgehead atoms. The predicted molar refractivity (Wildman–Crippen MR) is 40.4 cm³/mol. The van der Waals surface area contributed by atoms with Gasteiger partial charge in [0.05, 0.1) is 13.7 Å². The second kappa shape index (κ2) is 3.53. The van der Waals surface area contributed by atoms with Gasteiger partial charge in [0.15, 0.2) is 0 Å². The lowest BCUT2D eigenvalue weighted by Gasteiger charge is -2.31. The lowest BCUT2D eigenvalue weighted by Crippen LogP contribution is -2.42. The van der Waals surface area contributed by atoms with Crippen LogP contribution in [-0.2, 0) is 9.63 Å². The summed E-state index contributed by atoms with van der Waals surface area (Å²) in [7, 11) is 3.49. The Morgan fingerprint density at radius 1 is 1.55 bits per heavy atom. The molecule has 0 aliphatic carbocycles. The summed E-state index contributed by atoms with van der Waals surface area (Å²) in [6.45, 7) is 2.19. The Morgan fingerprint density at radius 3 is 2.82 bits per heavy atom. The first-order chi connectivity index (χ1) is 5.27. The molecule has 0 atom stereocenters. The Bertz CT molecular complexity index is 187. The van der Waals surface area contributed by atoms with Gasteiger partial charge in [-0.15, -0.1) is 0 Å². The van der Waals surface area contributed by atoms with Crippen molar-refractivity contribution < 1.29 is 9.63 Å². The molecule has 0 aromatic heterocycles. The quantitative estimate of drug-likeness (QED) is 0.480. The topological polar surface area (TPSA) is 32.8 Å². The van der Waals surface area contributed by atoms with Crippen LogP contribution in [0.1, 0.15) is 0 Å². The third-order valence-corrected chi connectivity index (χ3v) is 1.85. The summed E-state index contributed by atoms with van der Waals surface area (Å²) in [6.07, 6.45) is 0. The highest BCUT2D eigenvalue weighted by molar-refractivity contribution is 5.52. The maximum absolute atomic E-state index is 10.3. The molecule has 0 N–H and O–H groups in total. The fourth-order valence-electron chi connectivity index (χ4n) is 1.03. The molecule has 4 heteroatoms. The SMILES string of the molecule is CON1CCN(C)C(=C=O)C1. The molecule has 0 amide bonds. The average molecular weight is 156 g/mol. The molecule has 0 spiro atoms. The minimum atomic E-state index is 0.538. The van der Waals surface area contributed by atoms with Gasteiger partial charge in [0, 0.05) is 20.1 Å². The summed E-state index contributed by atoms with van der Waals surface area (Å²) in [4.78, 5) is 17.2. The van der Waals surface area contributed by atoms with Crippen LogP contribution in [0.4, 0.5) is 0 Å². The van der Waals surface area contributed by atoms with Gasteiger partial charge in [-0.25, -0.2) is 4.79 Å². The molecule has 62 valence electrons. The first-order valence-corrected chi connectivity index (χ1v) is 3.52. The molecule has 4 nitrogen and oxygen atoms in total. The smallest absolute Gasteiger partial charge is 0.147 e. The summed E-state index contributed by atoms with van der Waals surface area (Å²) < 4.78 is 0. The Kier molecular flexibility index (Phi) is 2.65. The summed E-state index contributed by atoms with van der Waals surface area (Å²) >= 11 is 0. The number of rotatable bonds is 1. The standard InChI is InChI=1S/C7H12N2O2/c1-8-3-4-9(11-2)5-7(8)6-10/h3-5H2,1-2H3. The van der Waals surface area contributed by atoms with Gasteiger partial charge in [0.1, 0.15) is 11.6 Å². The maximum atomic E-state index is 10.3. The van der Waals surface area contributed by atoms with Gasteiger partial charge in [-0.2, -0.15) is 5.06 Å². The molecular formula is C7H12N2O2. The van der Waals surface area contributed by atoms with E-state index in [0.29, 0.717) is 12.2 Å². The zero-order valence-electron chi connectivity index (χ0n) is 6.83. The average Bonchev–Trinajstić information content (AvgIpc) is 2.05. The summed E-state index contributed by atoms with van der Waals surface area (Å²) in [5, 5.41) is 1.74. The molecule has 1 aliphatic rings. The van der Waals surface area contributed by atoms with Crippen LogP contribution in [0, 0.1) is 0 Å². The van der Waals surface area contributed by atoms with E-state index in [9.17, 15) is 4.79 Å². The van der Waals surface area contributed by atoms with E-state index < -0.39 is 0 Å². The van der Waals surface area contributed by atoms with E-state index in [1.54, 1.807) is 12.2 Å². The molecule has 0 unspecified atom stereocenters. The molecule has 1 heterocycles. The first kappa shape index (κ1) is 8.27. The zero-order chi connectivity index (χ0) is 8.27. The Balaban J connectivity index is 2.58. The van der Waals surface area contributed by atoms with Gasteiger partial charge in [-0.3, -0.25) is 0 Å². The molecule has 1 aliphatic heterocycles. The molecule has 1 rings (SSSR count). The first-order valence-electron chi connectivity index (χ1n) is 3.52. The fraction of sp³-hybridized carbons (Fsp3) is 0.714. The van der Waals surface area contributed by atoms with Gasteiger partial charge >= 0.3 is 0 Å². The number of nitrogens with zero attached hydrogens (tertiary/aromatic N) is 2. The van der Waals surface area contributed by atoms with Crippen LogP contribution >= 0.6 is 0 Å². The minimum Gasteiger partial charge on any atom is -0.366 e. The van der Waals surface area contributed by atoms with Crippen LogP contribution in [0.25, 0.3) is 0 Å². The van der Waals surface area contributed by atoms with E-state index in [0.717, 1.165) is 13.1 Å². The lowest BCUT2D eigenvalue weighted by atomic mass is 10.3. The van der Waals surface area contributed by atoms with Gasteiger partial charge in [-0.05, 0) is 0 Å². The number of hydrogen-bond donors (Lipinski definition) is 0. The van der Waals surface area contributed by atoms with E-state index in [1.807, 2.05) is 17.9 Å². The van der Waals surface area contributed by atoms with Crippen LogP contribution in [0.5, 0.6) is 0 Å². The number of piperazine rings is 1. The number of carbonyl (C=O) groups excluding carboxylic acids is 1. The maximum Gasteiger partial charge on any atom is 0.147 e. The van der Waals surface area contributed by atoms with E-state index in [-0.39, 0.29) is 0 Å². The molecule has 11 heavy (non-hydrogen) atoms. The number of hydroxylamine groups is 2. The lowest BCUT2D eigenvalue weighted by molar-refractivity contribution is -0.138. The summed E-state index contributed by atoms with van der Waals surface area (Å²) in [6, 6.07) is 0. The highest BCUT2D eigenvalue weighted by atomic mass is 16.7. The Hall–Kier alpha value is -0.830. The van der Waals surface area contributed by atoms with Crippen molar-refractivity contribution in [3.8, 4) is 0 Å². The van der Waals surface area contributed by atoms with Crippen molar-refractivity contribution in [3.63, 3.8) is 0 Å². The third-order valence-electron chi connectivity index (χ3n) is 1.85. The molecule has 0 saturated carbocycles. The van der Waals surface area contributed by atoms with Crippen LogP contribution < -0.4 is 0 Å². The van der Waals surface area contributed by atoms with Crippen LogP contribution in [0.2, 0.25) is 0 Å². The normalized spacial score (nSPS) is 20.2. The van der Waals surface area contributed by atoms with Crippen LogP contribution in [0.3, 0.4) is 0 Å². The van der Waals surface area contributed by atoms with Crippen molar-refractivity contribution in [1.82, 2.24) is 9.96 Å². The molecule has 0 aromatic rings. The largest absolute Gasteiger partial charge is 0.366 e. The molecule has 0 radical (unpaired) electrons. The molecular weight excluding hydrogens is 144 g/mol. The number of likely N-dealkylation sites (N-methyl/N-ethyl adjacent to an activating group) is 1. The van der Waals surface area contributed by atoms with Crippen molar-refractivity contribution in [2.75, 3.05) is 33.8 Å². The van der Waals surface area contributed by atoms with Gasteiger partial charge in [0.25, 0.3) is 0 Å². The monoisotopic (exact) mass is 156 g/mol. The Labute approximate surface area is 66.0 Å². The van der Waals surface area contributed by atoms with Crippen molar-refractivity contribution in [2.45, 2.75) is 0 Å². The minimum absolute atomic E-state index is 0.538. The van der Waals surface area contributed by atoms with Gasteiger partial charge < -0.3 is 9.74 Å². The van der Waals surface area contributed by atoms with Crippen molar-refractivity contribution >= 4 is 5.94 Å². The van der Waals surface area contributed by atoms with Gasteiger partial charge in [-0.1, -0.05) is 0 Å². The van der Waals surface area contributed by atoms with Crippen LogP contribution in [-0.4, -0.2) is 49.7 Å². The summed E-state index contributed by atoms with van der Waals surface area (Å²) in [5.41, 5.74) is 0.651. The third kappa shape index (κ3) is 1.80. The highest BCUT2D eigenvalue weighted by Gasteiger charge is 2.18. The fourth-order valence-corrected chi connectivity index (χ4v) is 1.03. The van der Waals surface area contributed by atoms with E-state index in [1.165, 1.54) is 0 Å². The van der Waals surface area contributed by atoms with Crippen molar-refractivity contribution in [1.29, 1.82) is 0 Å². The Morgan fingerprint density at radius 2 is 2.27 bits per heavy atom. The van der Waals surface area contributed by atoms with Crippen molar-refractivity contribution in [2.24, 2.45) is 0 Å². The second-order valence-corrected chi connectivity index (χ2v) is 2.52. The summed E-state index contributed by atoms with van der Waals surface area (Å²) in [5.74, 6) is 1.89. The van der Waals surface area contributed by atoms with E-state index in [2.05, 4.69) is 0 Å². The predicted octanol–water partition coefficient (Wildman–Crippen LogP) is -0.489. The van der Waals surface area contributed by atoms with Gasteiger partial charge in [0.2, 0.25) is 0 Å². The number of hydrogen-bond acceptors (Lipinski definition) is 4. The molecule has 1 fully saturated rings. The second-order valence-electron chi connectivity index (χ2n) is 2.52. The molecule has 0 aromatic carbocycles.